The quantitative estimate of drug-likeness (QED) is 0.853. The predicted octanol–water partition coefficient (Wildman–Crippen LogP) is 0.906. The summed E-state index contributed by atoms with van der Waals surface area (Å²) in [6.07, 6.45) is -0.705. The molecule has 1 fully saturated rings. The SMILES string of the molecule is O=C(On1c(O)ccc1O)N1CCN(C(=O)c2ccccc2)CC1. The van der Waals surface area contributed by atoms with Gasteiger partial charge in [0.25, 0.3) is 5.91 Å². The number of carbonyl (C=O) groups excluding carboxylic acids is 2. The molecule has 0 unspecified atom stereocenters. The number of amides is 2. The maximum absolute atomic E-state index is 12.3. The van der Waals surface area contributed by atoms with Gasteiger partial charge in [0, 0.05) is 43.9 Å². The Morgan fingerprint density at radius 3 is 1.96 bits per heavy atom. The molecule has 0 atom stereocenters. The van der Waals surface area contributed by atoms with E-state index in [9.17, 15) is 19.8 Å². The van der Waals surface area contributed by atoms with Crippen molar-refractivity contribution in [1.29, 1.82) is 0 Å². The van der Waals surface area contributed by atoms with E-state index in [0.29, 0.717) is 36.5 Å². The van der Waals surface area contributed by atoms with Crippen LogP contribution in [0, 0.1) is 0 Å². The molecule has 24 heavy (non-hydrogen) atoms. The minimum absolute atomic E-state index is 0.0793. The van der Waals surface area contributed by atoms with Gasteiger partial charge in [-0.05, 0) is 12.1 Å². The van der Waals surface area contributed by atoms with Crippen LogP contribution >= 0.6 is 0 Å². The normalized spacial score (nSPS) is 14.5. The van der Waals surface area contributed by atoms with Crippen LogP contribution in [0.3, 0.4) is 0 Å². The second-order valence-corrected chi connectivity index (χ2v) is 5.35. The monoisotopic (exact) mass is 331 g/mol. The average molecular weight is 331 g/mol. The summed E-state index contributed by atoms with van der Waals surface area (Å²) >= 11 is 0. The third-order valence-electron chi connectivity index (χ3n) is 3.81. The second-order valence-electron chi connectivity index (χ2n) is 5.35. The Labute approximate surface area is 138 Å². The molecule has 2 N–H and O–H groups in total. The number of rotatable bonds is 2. The maximum Gasteiger partial charge on any atom is 0.434 e. The van der Waals surface area contributed by atoms with Crippen LogP contribution < -0.4 is 4.84 Å². The van der Waals surface area contributed by atoms with Crippen molar-refractivity contribution >= 4 is 12.0 Å². The van der Waals surface area contributed by atoms with Crippen LogP contribution in [0.5, 0.6) is 11.8 Å². The van der Waals surface area contributed by atoms with Crippen LogP contribution in [0.2, 0.25) is 0 Å². The molecule has 2 amide bonds. The van der Waals surface area contributed by atoms with E-state index in [2.05, 4.69) is 0 Å². The summed E-state index contributed by atoms with van der Waals surface area (Å²) in [6.45, 7) is 1.37. The van der Waals surface area contributed by atoms with Gasteiger partial charge >= 0.3 is 6.09 Å². The second kappa shape index (κ2) is 6.53. The molecule has 2 aromatic rings. The van der Waals surface area contributed by atoms with Crippen molar-refractivity contribution < 1.29 is 24.6 Å². The standard InChI is InChI=1S/C16H17N3O5/c20-13-6-7-14(21)19(13)24-16(23)18-10-8-17(9-11-18)15(22)12-4-2-1-3-5-12/h1-7,20-21H,8-11H2. The minimum atomic E-state index is -0.705. The van der Waals surface area contributed by atoms with Crippen molar-refractivity contribution in [1.82, 2.24) is 14.5 Å². The number of aromatic hydroxyl groups is 2. The van der Waals surface area contributed by atoms with E-state index in [4.69, 9.17) is 4.84 Å². The topological polar surface area (TPSA) is 95.2 Å². The molecule has 1 aromatic carbocycles. The van der Waals surface area contributed by atoms with Gasteiger partial charge in [-0.25, -0.2) is 4.79 Å². The van der Waals surface area contributed by atoms with E-state index in [-0.39, 0.29) is 17.7 Å². The van der Waals surface area contributed by atoms with Crippen LogP contribution in [0.4, 0.5) is 4.79 Å². The van der Waals surface area contributed by atoms with Gasteiger partial charge in [-0.1, -0.05) is 18.2 Å². The lowest BCUT2D eigenvalue weighted by atomic mass is 10.2. The molecule has 1 saturated heterocycles. The fourth-order valence-electron chi connectivity index (χ4n) is 2.49. The number of nitrogens with zero attached hydrogens (tertiary/aromatic N) is 3. The first kappa shape index (κ1) is 15.7. The Bertz CT molecular complexity index is 716. The van der Waals surface area contributed by atoms with Gasteiger partial charge < -0.3 is 24.9 Å². The van der Waals surface area contributed by atoms with Crippen molar-refractivity contribution in [3.8, 4) is 11.8 Å². The van der Waals surface area contributed by atoms with Crippen LogP contribution in [0.1, 0.15) is 10.4 Å². The predicted molar refractivity (Wildman–Crippen MR) is 83.7 cm³/mol. The molecule has 0 aliphatic carbocycles. The Morgan fingerprint density at radius 2 is 1.38 bits per heavy atom. The molecule has 0 bridgehead atoms. The van der Waals surface area contributed by atoms with Gasteiger partial charge in [-0.15, -0.1) is 4.73 Å². The van der Waals surface area contributed by atoms with Gasteiger partial charge in [-0.2, -0.15) is 0 Å². The van der Waals surface area contributed by atoms with Crippen LogP contribution in [0.25, 0.3) is 0 Å². The van der Waals surface area contributed by atoms with Crippen molar-refractivity contribution in [2.45, 2.75) is 0 Å². The molecular formula is C16H17N3O5. The zero-order chi connectivity index (χ0) is 17.1. The summed E-state index contributed by atoms with van der Waals surface area (Å²) in [5, 5.41) is 18.9. The molecular weight excluding hydrogens is 314 g/mol. The minimum Gasteiger partial charge on any atom is -0.492 e. The van der Waals surface area contributed by atoms with E-state index >= 15 is 0 Å². The molecule has 8 heteroatoms. The summed E-state index contributed by atoms with van der Waals surface area (Å²) < 4.78 is 0.643. The molecule has 1 aromatic heterocycles. The van der Waals surface area contributed by atoms with Crippen molar-refractivity contribution in [2.24, 2.45) is 0 Å². The van der Waals surface area contributed by atoms with Gasteiger partial charge in [0.05, 0.1) is 0 Å². The van der Waals surface area contributed by atoms with Crippen molar-refractivity contribution in [2.75, 3.05) is 26.2 Å². The zero-order valence-corrected chi connectivity index (χ0v) is 12.8. The Morgan fingerprint density at radius 1 is 0.833 bits per heavy atom. The van der Waals surface area contributed by atoms with E-state index in [1.807, 2.05) is 6.07 Å². The lowest BCUT2D eigenvalue weighted by molar-refractivity contribution is 0.0480. The van der Waals surface area contributed by atoms with Crippen LogP contribution in [-0.2, 0) is 0 Å². The molecule has 2 heterocycles. The Kier molecular flexibility index (Phi) is 4.28. The molecule has 0 saturated carbocycles. The third-order valence-corrected chi connectivity index (χ3v) is 3.81. The highest BCUT2D eigenvalue weighted by molar-refractivity contribution is 5.94. The number of aromatic nitrogens is 1. The van der Waals surface area contributed by atoms with Gasteiger partial charge in [0.1, 0.15) is 0 Å². The summed E-state index contributed by atoms with van der Waals surface area (Å²) in [4.78, 5) is 32.4. The van der Waals surface area contributed by atoms with Gasteiger partial charge in [0.15, 0.2) is 0 Å². The number of hydrogen-bond donors (Lipinski definition) is 2. The average Bonchev–Trinajstić information content (AvgIpc) is 2.94. The summed E-state index contributed by atoms with van der Waals surface area (Å²) in [7, 11) is 0. The highest BCUT2D eigenvalue weighted by Gasteiger charge is 2.26. The fraction of sp³-hybridized carbons (Fsp3) is 0.250. The number of benzene rings is 1. The highest BCUT2D eigenvalue weighted by Crippen LogP contribution is 2.19. The van der Waals surface area contributed by atoms with E-state index in [1.54, 1.807) is 29.2 Å². The molecule has 0 spiro atoms. The van der Waals surface area contributed by atoms with E-state index < -0.39 is 6.09 Å². The first-order chi connectivity index (χ1) is 11.6. The zero-order valence-electron chi connectivity index (χ0n) is 12.8. The van der Waals surface area contributed by atoms with E-state index in [1.165, 1.54) is 17.0 Å². The van der Waals surface area contributed by atoms with Crippen molar-refractivity contribution in [3.05, 3.63) is 48.0 Å². The number of hydrogen-bond acceptors (Lipinski definition) is 5. The summed E-state index contributed by atoms with van der Waals surface area (Å²) in [5.41, 5.74) is 0.607. The lowest BCUT2D eigenvalue weighted by Gasteiger charge is -2.34. The molecule has 1 aliphatic rings. The highest BCUT2D eigenvalue weighted by atomic mass is 16.7. The van der Waals surface area contributed by atoms with Gasteiger partial charge in [0.2, 0.25) is 11.8 Å². The van der Waals surface area contributed by atoms with Crippen molar-refractivity contribution in [3.63, 3.8) is 0 Å². The Hall–Kier alpha value is -3.16. The molecule has 8 nitrogen and oxygen atoms in total. The number of carbonyl (C=O) groups is 2. The number of piperazine rings is 1. The fourth-order valence-corrected chi connectivity index (χ4v) is 2.49. The summed E-state index contributed by atoms with van der Waals surface area (Å²) in [6, 6.07) is 11.4. The first-order valence-corrected chi connectivity index (χ1v) is 7.47. The molecule has 0 radical (unpaired) electrons. The van der Waals surface area contributed by atoms with Crippen LogP contribution in [-0.4, -0.2) is 62.9 Å². The van der Waals surface area contributed by atoms with Crippen LogP contribution in [0.15, 0.2) is 42.5 Å². The first-order valence-electron chi connectivity index (χ1n) is 7.47. The third kappa shape index (κ3) is 3.12. The maximum atomic E-state index is 12.3. The molecule has 126 valence electrons. The Balaban J connectivity index is 1.57. The molecule has 3 rings (SSSR count). The van der Waals surface area contributed by atoms with Gasteiger partial charge in [-0.3, -0.25) is 4.79 Å². The molecule has 1 aliphatic heterocycles. The summed E-state index contributed by atoms with van der Waals surface area (Å²) in [5.74, 6) is -0.832. The largest absolute Gasteiger partial charge is 0.492 e. The van der Waals surface area contributed by atoms with E-state index in [0.717, 1.165) is 0 Å². The lowest BCUT2D eigenvalue weighted by Crippen LogP contribution is -2.52. The smallest absolute Gasteiger partial charge is 0.434 e.